The zero-order valence-corrected chi connectivity index (χ0v) is 86.0. The number of thiophene rings is 1. The van der Waals surface area contributed by atoms with Gasteiger partial charge < -0.3 is 4.74 Å². The molecule has 9 rings (SSSR count). The van der Waals surface area contributed by atoms with Gasteiger partial charge in [0.15, 0.2) is 52.0 Å². The number of benzene rings is 7. The van der Waals surface area contributed by atoms with Crippen LogP contribution in [0.1, 0.15) is 325 Å². The summed E-state index contributed by atoms with van der Waals surface area (Å²) < 4.78 is 4.25. The Kier molecular flexibility index (Phi) is 68.4. The number of rotatable bonds is 26. The maximum Gasteiger partial charge on any atom is 0.183 e. The van der Waals surface area contributed by atoms with Gasteiger partial charge in [-0.25, -0.2) is 0 Å². The van der Waals surface area contributed by atoms with Crippen molar-refractivity contribution in [2.45, 2.75) is 234 Å². The molecule has 0 unspecified atom stereocenters. The monoisotopic (exact) mass is 1800 g/mol. The summed E-state index contributed by atoms with van der Waals surface area (Å²) in [6.45, 7) is 64.2. The maximum atomic E-state index is 12.3. The van der Waals surface area contributed by atoms with E-state index < -0.39 is 0 Å². The molecule has 9 aromatic rings. The number of aromatic nitrogens is 1. The Morgan fingerprint density at radius 1 is 0.269 bits per heavy atom. The standard InChI is InChI=1S/C18H20O2.C13H17NO2.C12H16O2S.C10H18O2.3C10H12O.C7H8.C6H6.C6H12.2C5H10O.C2H6O/c1-11(2)17(19)15-9-10-16(18(20)12(3)4)14-8-6-5-7-13(14)15;1-8(2)12(15)10-5-6-11(14-7-10)13(16)9(3)4;1-7(2)11(13)9-5-6-10(15-9)12(14)8(3)4;1-7(2)9(11)5-6-10(12)8(3)4;3*1-8(2)10(11)9-6-4-3-5-7-9;1-7-5-3-2-4-6-7;1-2-4-6-5-3-1;1-5(2)6(3)4;2*1-4(2)5(3)6;1-3-2/h5-12H,1-4H3;5-9H,1-4H3;5-8H,1-4H3;7-8H,5-6H2,1-4H3;3*3-8H,1-2H3;2-6H,1H3;1-6H;6H,1H2,2-4H3;2*4H,1-3H3;1-2H3. The topological polar surface area (TPSA) is 244 Å². The normalized spacial score (nSPS) is 10.2. The van der Waals surface area contributed by atoms with Gasteiger partial charge in [-0.15, -0.1) is 11.3 Å². The van der Waals surface area contributed by atoms with Crippen molar-refractivity contribution in [3.8, 4) is 0 Å². The van der Waals surface area contributed by atoms with Crippen LogP contribution < -0.4 is 0 Å². The minimum atomic E-state index is -0.0702. The van der Waals surface area contributed by atoms with E-state index in [4.69, 9.17) is 0 Å². The van der Waals surface area contributed by atoms with E-state index in [0.717, 1.165) is 27.5 Å². The molecule has 2 heterocycles. The Morgan fingerprint density at radius 2 is 0.492 bits per heavy atom. The number of aryl methyl sites for hydroxylation is 1. The Hall–Kier alpha value is -10.9. The van der Waals surface area contributed by atoms with Gasteiger partial charge in [-0.3, -0.25) is 67.3 Å². The molecule has 7 aromatic carbocycles. The van der Waals surface area contributed by atoms with Gasteiger partial charge in [0.1, 0.15) is 28.8 Å². The fraction of sp³-hybridized carbons (Fsp3) is 0.439. The molecule has 2 aromatic heterocycles. The number of carbonyl (C=O) groups excluding carboxylic acids is 13. The Labute approximate surface area is 787 Å². The van der Waals surface area contributed by atoms with Crippen LogP contribution in [0.25, 0.3) is 10.8 Å². The van der Waals surface area contributed by atoms with Crippen molar-refractivity contribution in [3.05, 3.63) is 291 Å². The van der Waals surface area contributed by atoms with Gasteiger partial charge >= 0.3 is 0 Å². The van der Waals surface area contributed by atoms with Crippen molar-refractivity contribution in [1.29, 1.82) is 0 Å². The van der Waals surface area contributed by atoms with Crippen LogP contribution in [0.4, 0.5) is 0 Å². The molecular formula is C114H159NO14S. The number of hydrogen-bond donors (Lipinski definition) is 0. The minimum absolute atomic E-state index is 0.00328. The Bertz CT molecular complexity index is 4400. The highest BCUT2D eigenvalue weighted by Gasteiger charge is 2.22. The Balaban J connectivity index is -0.000000677. The van der Waals surface area contributed by atoms with Crippen LogP contribution in [-0.2, 0) is 23.9 Å². The molecule has 0 fully saturated rings. The van der Waals surface area contributed by atoms with Gasteiger partial charge in [-0.2, -0.15) is 0 Å². The van der Waals surface area contributed by atoms with E-state index in [1.807, 2.05) is 357 Å². The van der Waals surface area contributed by atoms with Gasteiger partial charge in [0, 0.05) is 144 Å². The molecule has 0 saturated carbocycles. The summed E-state index contributed by atoms with van der Waals surface area (Å²) in [6, 6.07) is 68.4. The number of pyridine rings is 1. The van der Waals surface area contributed by atoms with Crippen LogP contribution in [0.15, 0.2) is 237 Å². The molecule has 0 aliphatic rings. The molecular weight excluding hydrogens is 1640 g/mol. The highest BCUT2D eigenvalue weighted by atomic mass is 32.1. The fourth-order valence-corrected chi connectivity index (χ4v) is 10.6. The molecule has 0 amide bonds. The molecule has 16 heteroatoms. The zero-order chi connectivity index (χ0) is 101. The lowest BCUT2D eigenvalue weighted by atomic mass is 9.90. The van der Waals surface area contributed by atoms with Crippen molar-refractivity contribution in [1.82, 2.24) is 4.98 Å². The first-order valence-electron chi connectivity index (χ1n) is 45.4. The quantitative estimate of drug-likeness (QED) is 0.0361. The van der Waals surface area contributed by atoms with Crippen molar-refractivity contribution in [3.63, 3.8) is 0 Å². The number of ketones is 13. The van der Waals surface area contributed by atoms with Crippen LogP contribution in [0, 0.1) is 89.8 Å². The second-order valence-electron chi connectivity index (χ2n) is 35.6. The number of methoxy groups -OCH3 is 1. The highest BCUT2D eigenvalue weighted by Crippen LogP contribution is 2.28. The summed E-state index contributed by atoms with van der Waals surface area (Å²) in [5.41, 5.74) is 7.41. The van der Waals surface area contributed by atoms with Crippen molar-refractivity contribution in [2.75, 3.05) is 14.2 Å². The second kappa shape index (κ2) is 70.9. The predicted octanol–water partition coefficient (Wildman–Crippen LogP) is 29.1. The average molecular weight is 1800 g/mol. The third-order valence-electron chi connectivity index (χ3n) is 18.9. The smallest absolute Gasteiger partial charge is 0.183 e. The van der Waals surface area contributed by atoms with E-state index in [1.165, 1.54) is 28.7 Å². The Morgan fingerprint density at radius 3 is 0.685 bits per heavy atom. The molecule has 0 atom stereocenters. The van der Waals surface area contributed by atoms with Crippen LogP contribution in [0.3, 0.4) is 0 Å². The van der Waals surface area contributed by atoms with E-state index in [0.29, 0.717) is 50.9 Å². The number of fused-ring (bicyclic) bond motifs is 1. The summed E-state index contributed by atoms with van der Waals surface area (Å²) in [6.07, 6.45) is 2.31. The molecule has 0 spiro atoms. The van der Waals surface area contributed by atoms with Gasteiger partial charge in [0.05, 0.1) is 9.75 Å². The van der Waals surface area contributed by atoms with Crippen LogP contribution in [0.5, 0.6) is 0 Å². The summed E-state index contributed by atoms with van der Waals surface area (Å²) in [5, 5.41) is 1.75. The van der Waals surface area contributed by atoms with Crippen LogP contribution in [-0.4, -0.2) is 94.4 Å². The molecule has 0 N–H and O–H groups in total. The first-order chi connectivity index (χ1) is 60.6. The van der Waals surface area contributed by atoms with E-state index in [9.17, 15) is 62.3 Å². The lowest BCUT2D eigenvalue weighted by Crippen LogP contribution is -2.12. The fourth-order valence-electron chi connectivity index (χ4n) is 9.39. The van der Waals surface area contributed by atoms with Crippen molar-refractivity contribution >= 4 is 97.3 Å². The SMILES string of the molecule is C=C(C)C(C)C.CC(=O)C(C)C.CC(=O)C(C)C.CC(C)C(=O)CCC(=O)C(C)C.CC(C)C(=O)c1ccc(C(=O)C(C)C)c2ccccc12.CC(C)C(=O)c1ccc(C(=O)C(C)C)nc1.CC(C)C(=O)c1ccc(C(=O)C(C)C)s1.CC(C)C(=O)c1ccccc1.CC(C)C(=O)c1ccccc1.CC(C)C(=O)c1ccccc1.COC.Cc1ccccc1.c1ccccc1. The zero-order valence-electron chi connectivity index (χ0n) is 85.1. The molecule has 710 valence electrons. The predicted molar refractivity (Wildman–Crippen MR) is 545 cm³/mol. The van der Waals surface area contributed by atoms with Gasteiger partial charge in [0.25, 0.3) is 0 Å². The average Bonchev–Trinajstić information content (AvgIpc) is 0.809. The van der Waals surface area contributed by atoms with E-state index >= 15 is 0 Å². The van der Waals surface area contributed by atoms with E-state index in [-0.39, 0.29) is 152 Å². The molecule has 0 radical (unpaired) electrons. The molecule has 130 heavy (non-hydrogen) atoms. The molecule has 15 nitrogen and oxygen atoms in total. The first kappa shape index (κ1) is 125. The largest absolute Gasteiger partial charge is 0.388 e. The summed E-state index contributed by atoms with van der Waals surface area (Å²) in [4.78, 5) is 153. The third kappa shape index (κ3) is 56.5. The number of hydrogen-bond acceptors (Lipinski definition) is 16. The number of carbonyl (C=O) groups is 13. The van der Waals surface area contributed by atoms with Crippen LogP contribution >= 0.6 is 11.3 Å². The second-order valence-corrected chi connectivity index (χ2v) is 36.6. The number of ether oxygens (including phenoxy) is 1. The van der Waals surface area contributed by atoms with Crippen molar-refractivity contribution in [2.24, 2.45) is 82.9 Å². The minimum Gasteiger partial charge on any atom is -0.388 e. The summed E-state index contributed by atoms with van der Waals surface area (Å²) >= 11 is 1.31. The van der Waals surface area contributed by atoms with E-state index in [2.05, 4.69) is 49.2 Å². The summed E-state index contributed by atoms with van der Waals surface area (Å²) in [7, 11) is 3.25. The number of allylic oxidation sites excluding steroid dienone is 1. The molecule has 0 aliphatic heterocycles. The van der Waals surface area contributed by atoms with Crippen LogP contribution in [0.2, 0.25) is 0 Å². The molecule has 0 aliphatic carbocycles. The lowest BCUT2D eigenvalue weighted by Gasteiger charge is -2.12. The lowest BCUT2D eigenvalue weighted by molar-refractivity contribution is -0.127. The molecule has 0 bridgehead atoms. The highest BCUT2D eigenvalue weighted by molar-refractivity contribution is 7.16. The van der Waals surface area contributed by atoms with Gasteiger partial charge in [0.2, 0.25) is 0 Å². The number of nitrogens with zero attached hydrogens (tertiary/aromatic N) is 1. The van der Waals surface area contributed by atoms with Gasteiger partial charge in [-0.1, -0.05) is 406 Å². The van der Waals surface area contributed by atoms with Gasteiger partial charge in [-0.05, 0) is 68.7 Å². The van der Waals surface area contributed by atoms with E-state index in [1.54, 1.807) is 64.5 Å². The van der Waals surface area contributed by atoms with Crippen molar-refractivity contribution < 1.29 is 67.1 Å². The maximum absolute atomic E-state index is 12.3. The third-order valence-corrected chi connectivity index (χ3v) is 20.0. The first-order valence-corrected chi connectivity index (χ1v) is 46.2. The molecule has 0 saturated heterocycles. The summed E-state index contributed by atoms with van der Waals surface area (Å²) in [5.74, 6) is 3.29. The number of Topliss-reactive ketones (excluding diaryl/α,β-unsaturated/α-hetero) is 13.